The van der Waals surface area contributed by atoms with Crippen molar-refractivity contribution in [3.8, 4) is 11.8 Å². The molecule has 3 amide bonds. The van der Waals surface area contributed by atoms with Gasteiger partial charge in [0.1, 0.15) is 11.6 Å². The lowest BCUT2D eigenvalue weighted by Gasteiger charge is -2.40. The Balaban J connectivity index is 1.49. The number of carboxylic acid groups (broad SMARTS) is 1. The van der Waals surface area contributed by atoms with E-state index in [2.05, 4.69) is 11.4 Å². The Morgan fingerprint density at radius 2 is 1.92 bits per heavy atom. The van der Waals surface area contributed by atoms with Crippen LogP contribution >= 0.6 is 11.6 Å². The highest BCUT2D eigenvalue weighted by atomic mass is 35.5. The number of rotatable bonds is 4. The highest BCUT2D eigenvalue weighted by Crippen LogP contribution is 2.41. The van der Waals surface area contributed by atoms with Crippen molar-refractivity contribution >= 4 is 40.9 Å². The van der Waals surface area contributed by atoms with Crippen LogP contribution in [0.15, 0.2) is 36.4 Å². The number of amides is 3. The van der Waals surface area contributed by atoms with Crippen molar-refractivity contribution in [2.24, 2.45) is 5.41 Å². The standard InChI is InChI=1S/C25H24ClFN4O5/c1-15(32)29-19-11-21-20(10-18(19)26)31(24(34)35)13-22(36-21)23(33)30-8-6-25(14-28,7-9-30)12-16-2-4-17(27)5-3-16/h2-5,10-11,22H,6-9,12-13H2,1H3,(H,29,32)(H,34,35). The van der Waals surface area contributed by atoms with Crippen molar-refractivity contribution in [1.29, 1.82) is 5.26 Å². The van der Waals surface area contributed by atoms with Gasteiger partial charge in [0, 0.05) is 26.1 Å². The number of nitriles is 1. The van der Waals surface area contributed by atoms with Crippen LogP contribution in [-0.2, 0) is 16.0 Å². The maximum Gasteiger partial charge on any atom is 0.412 e. The van der Waals surface area contributed by atoms with E-state index >= 15 is 0 Å². The van der Waals surface area contributed by atoms with E-state index in [1.54, 1.807) is 17.0 Å². The van der Waals surface area contributed by atoms with E-state index < -0.39 is 23.5 Å². The second-order valence-electron chi connectivity index (χ2n) is 9.00. The van der Waals surface area contributed by atoms with Gasteiger partial charge in [0.05, 0.1) is 34.4 Å². The second kappa shape index (κ2) is 10.0. The van der Waals surface area contributed by atoms with Crippen LogP contribution in [0.3, 0.4) is 0 Å². The molecule has 1 saturated heterocycles. The number of halogens is 2. The van der Waals surface area contributed by atoms with Crippen LogP contribution in [0.5, 0.6) is 5.75 Å². The predicted octanol–water partition coefficient (Wildman–Crippen LogP) is 4.06. The summed E-state index contributed by atoms with van der Waals surface area (Å²) in [7, 11) is 0. The van der Waals surface area contributed by atoms with Crippen LogP contribution in [0, 0.1) is 22.6 Å². The Morgan fingerprint density at radius 1 is 1.25 bits per heavy atom. The average molecular weight is 515 g/mol. The Hall–Kier alpha value is -3.84. The van der Waals surface area contributed by atoms with Crippen LogP contribution in [0.2, 0.25) is 5.02 Å². The van der Waals surface area contributed by atoms with Gasteiger partial charge in [0.2, 0.25) is 5.91 Å². The Bertz CT molecular complexity index is 1240. The van der Waals surface area contributed by atoms with E-state index in [1.165, 1.54) is 31.2 Å². The number of nitrogens with zero attached hydrogens (tertiary/aromatic N) is 3. The van der Waals surface area contributed by atoms with Crippen molar-refractivity contribution in [1.82, 2.24) is 4.90 Å². The first-order valence-electron chi connectivity index (χ1n) is 11.3. The zero-order chi connectivity index (χ0) is 26.0. The fourth-order valence-corrected chi connectivity index (χ4v) is 4.78. The molecule has 1 unspecified atom stereocenters. The molecule has 1 atom stereocenters. The van der Waals surface area contributed by atoms with Gasteiger partial charge in [0.25, 0.3) is 5.91 Å². The molecule has 2 aliphatic rings. The number of hydrogen-bond acceptors (Lipinski definition) is 5. The maximum absolute atomic E-state index is 13.3. The number of ether oxygens (including phenoxy) is 1. The Morgan fingerprint density at radius 3 is 2.50 bits per heavy atom. The SMILES string of the molecule is CC(=O)Nc1cc2c(cc1Cl)N(C(=O)O)CC(C(=O)N1CCC(C#N)(Cc3ccc(F)cc3)CC1)O2. The van der Waals surface area contributed by atoms with E-state index in [0.29, 0.717) is 32.4 Å². The molecule has 0 saturated carbocycles. The van der Waals surface area contributed by atoms with Gasteiger partial charge in [0.15, 0.2) is 6.10 Å². The molecule has 0 spiro atoms. The van der Waals surface area contributed by atoms with Gasteiger partial charge in [-0.1, -0.05) is 23.7 Å². The van der Waals surface area contributed by atoms with Crippen molar-refractivity contribution < 1.29 is 28.6 Å². The van der Waals surface area contributed by atoms with E-state index in [1.807, 2.05) is 0 Å². The van der Waals surface area contributed by atoms with E-state index in [4.69, 9.17) is 16.3 Å². The van der Waals surface area contributed by atoms with Gasteiger partial charge in [-0.15, -0.1) is 0 Å². The normalized spacial score (nSPS) is 18.4. The highest BCUT2D eigenvalue weighted by molar-refractivity contribution is 6.34. The molecule has 2 aromatic carbocycles. The van der Waals surface area contributed by atoms with Crippen LogP contribution in [0.4, 0.5) is 20.6 Å². The summed E-state index contributed by atoms with van der Waals surface area (Å²) in [4.78, 5) is 39.3. The van der Waals surface area contributed by atoms with E-state index in [0.717, 1.165) is 10.5 Å². The van der Waals surface area contributed by atoms with Crippen molar-refractivity contribution in [2.45, 2.75) is 32.3 Å². The number of fused-ring (bicyclic) bond motifs is 1. The van der Waals surface area contributed by atoms with Crippen LogP contribution < -0.4 is 15.0 Å². The third kappa shape index (κ3) is 5.21. The van der Waals surface area contributed by atoms with Gasteiger partial charge >= 0.3 is 6.09 Å². The largest absolute Gasteiger partial charge is 0.476 e. The van der Waals surface area contributed by atoms with Gasteiger partial charge in [-0.2, -0.15) is 5.26 Å². The summed E-state index contributed by atoms with van der Waals surface area (Å²) >= 11 is 6.19. The Kier molecular flexibility index (Phi) is 7.04. The van der Waals surface area contributed by atoms with E-state index in [-0.39, 0.29) is 40.4 Å². The quantitative estimate of drug-likeness (QED) is 0.634. The molecule has 11 heteroatoms. The molecule has 0 radical (unpaired) electrons. The molecule has 1 fully saturated rings. The summed E-state index contributed by atoms with van der Waals surface area (Å²) in [5.41, 5.74) is 0.563. The number of carbonyl (C=O) groups excluding carboxylic acids is 2. The zero-order valence-electron chi connectivity index (χ0n) is 19.5. The molecule has 36 heavy (non-hydrogen) atoms. The average Bonchev–Trinajstić information content (AvgIpc) is 2.85. The summed E-state index contributed by atoms with van der Waals surface area (Å²) in [6, 6.07) is 11.2. The topological polar surface area (TPSA) is 123 Å². The fourth-order valence-electron chi connectivity index (χ4n) is 4.58. The van der Waals surface area contributed by atoms with Gasteiger partial charge < -0.3 is 20.1 Å². The number of hydrogen-bond donors (Lipinski definition) is 2. The summed E-state index contributed by atoms with van der Waals surface area (Å²) in [5, 5.41) is 22.3. The summed E-state index contributed by atoms with van der Waals surface area (Å²) in [6.45, 7) is 1.67. The van der Waals surface area contributed by atoms with E-state index in [9.17, 15) is 29.1 Å². The molecule has 0 bridgehead atoms. The summed E-state index contributed by atoms with van der Waals surface area (Å²) in [6.07, 6.45) is -1.10. The molecule has 2 heterocycles. The van der Waals surface area contributed by atoms with Crippen LogP contribution in [0.25, 0.3) is 0 Å². The Labute approximate surface area is 212 Å². The molecule has 2 aromatic rings. The highest BCUT2D eigenvalue weighted by Gasteiger charge is 2.41. The van der Waals surface area contributed by atoms with Gasteiger partial charge in [-0.05, 0) is 43.0 Å². The molecule has 0 aliphatic carbocycles. The minimum Gasteiger partial charge on any atom is -0.476 e. The lowest BCUT2D eigenvalue weighted by atomic mass is 9.75. The number of piperidine rings is 1. The lowest BCUT2D eigenvalue weighted by Crippen LogP contribution is -2.54. The number of carbonyl (C=O) groups is 3. The predicted molar refractivity (Wildman–Crippen MR) is 130 cm³/mol. The zero-order valence-corrected chi connectivity index (χ0v) is 20.2. The first-order chi connectivity index (χ1) is 17.1. The molecule has 4 rings (SSSR count). The van der Waals surface area contributed by atoms with Crippen molar-refractivity contribution in [2.75, 3.05) is 29.9 Å². The van der Waals surface area contributed by atoms with Crippen LogP contribution in [0.1, 0.15) is 25.3 Å². The minimum atomic E-state index is -1.28. The van der Waals surface area contributed by atoms with Crippen molar-refractivity contribution in [3.63, 3.8) is 0 Å². The molecular formula is C25H24ClFN4O5. The second-order valence-corrected chi connectivity index (χ2v) is 9.41. The molecule has 2 N–H and O–H groups in total. The fraction of sp³-hybridized carbons (Fsp3) is 0.360. The molecule has 9 nitrogen and oxygen atoms in total. The third-order valence-electron chi connectivity index (χ3n) is 6.50. The summed E-state index contributed by atoms with van der Waals surface area (Å²) < 4.78 is 19.1. The third-order valence-corrected chi connectivity index (χ3v) is 6.81. The molecule has 188 valence electrons. The first-order valence-corrected chi connectivity index (χ1v) is 11.7. The molecule has 0 aromatic heterocycles. The van der Waals surface area contributed by atoms with Crippen molar-refractivity contribution in [3.05, 3.63) is 52.8 Å². The molecular weight excluding hydrogens is 491 g/mol. The maximum atomic E-state index is 13.3. The number of nitrogens with one attached hydrogen (secondary N) is 1. The van der Waals surface area contributed by atoms with Crippen LogP contribution in [-0.4, -0.2) is 53.7 Å². The number of benzene rings is 2. The minimum absolute atomic E-state index is 0.106. The van der Waals surface area contributed by atoms with Gasteiger partial charge in [-0.3, -0.25) is 14.5 Å². The number of anilines is 2. The number of likely N-dealkylation sites (tertiary alicyclic amines) is 1. The summed E-state index contributed by atoms with van der Waals surface area (Å²) in [5.74, 6) is -1.00. The van der Waals surface area contributed by atoms with Gasteiger partial charge in [-0.25, -0.2) is 9.18 Å². The molecule has 2 aliphatic heterocycles. The lowest BCUT2D eigenvalue weighted by molar-refractivity contribution is -0.140. The first kappa shape index (κ1) is 25.3. The smallest absolute Gasteiger partial charge is 0.412 e. The monoisotopic (exact) mass is 514 g/mol.